The minimum absolute atomic E-state index is 0.117. The molecule has 3 nitrogen and oxygen atoms in total. The van der Waals surface area contributed by atoms with Crippen LogP contribution in [0.5, 0.6) is 0 Å². The lowest BCUT2D eigenvalue weighted by molar-refractivity contribution is 0.254. The van der Waals surface area contributed by atoms with Crippen molar-refractivity contribution in [2.45, 2.75) is 44.9 Å². The number of benzene rings is 1. The third-order valence-electron chi connectivity index (χ3n) is 4.53. The highest BCUT2D eigenvalue weighted by Crippen LogP contribution is 2.37. The summed E-state index contributed by atoms with van der Waals surface area (Å²) in [6, 6.07) is 8.28. The van der Waals surface area contributed by atoms with E-state index in [0.717, 1.165) is 11.0 Å². The lowest BCUT2D eigenvalue weighted by Crippen LogP contribution is -2.42. The molecule has 0 spiro atoms. The maximum Gasteiger partial charge on any atom is 0.192 e. The third kappa shape index (κ3) is 3.27. The van der Waals surface area contributed by atoms with Gasteiger partial charge in [-0.15, -0.1) is 6.58 Å². The van der Waals surface area contributed by atoms with E-state index in [4.69, 9.17) is 4.43 Å². The fourth-order valence-corrected chi connectivity index (χ4v) is 3.04. The normalized spacial score (nSPS) is 14.3. The highest BCUT2D eigenvalue weighted by Gasteiger charge is 2.37. The van der Waals surface area contributed by atoms with Crippen LogP contribution in [0.1, 0.15) is 26.8 Å². The van der Waals surface area contributed by atoms with Crippen LogP contribution in [0.3, 0.4) is 0 Å². The second kappa shape index (κ2) is 5.77. The van der Waals surface area contributed by atoms with Crippen LogP contribution in [0.2, 0.25) is 18.1 Å². The number of nitrogens with zero attached hydrogens (tertiary/aromatic N) is 2. The van der Waals surface area contributed by atoms with Gasteiger partial charge in [-0.25, -0.2) is 4.98 Å². The molecule has 0 saturated carbocycles. The Bertz CT molecular complexity index is 625. The summed E-state index contributed by atoms with van der Waals surface area (Å²) in [6.45, 7) is 16.0. The predicted octanol–water partition coefficient (Wildman–Crippen LogP) is 4.79. The van der Waals surface area contributed by atoms with Gasteiger partial charge in [-0.05, 0) is 30.3 Å². The molecule has 114 valence electrons. The number of hydrogen-bond acceptors (Lipinski definition) is 2. The summed E-state index contributed by atoms with van der Waals surface area (Å²) in [6.07, 6.45) is 3.83. The SMILES string of the molecule is C=CC(CO[Si](C)(C)C(C)(C)C)n1cnc2ccccc21. The summed E-state index contributed by atoms with van der Waals surface area (Å²) in [5, 5.41) is 0.218. The summed E-state index contributed by atoms with van der Waals surface area (Å²) in [5.74, 6) is 0. The molecule has 1 aromatic heterocycles. The van der Waals surface area contributed by atoms with Gasteiger partial charge >= 0.3 is 0 Å². The lowest BCUT2D eigenvalue weighted by atomic mass is 10.2. The zero-order valence-electron chi connectivity index (χ0n) is 13.8. The van der Waals surface area contributed by atoms with Gasteiger partial charge in [0.2, 0.25) is 0 Å². The van der Waals surface area contributed by atoms with E-state index >= 15 is 0 Å². The summed E-state index contributed by atoms with van der Waals surface area (Å²) in [7, 11) is -1.75. The Morgan fingerprint density at radius 2 is 2.00 bits per heavy atom. The molecule has 2 aromatic rings. The van der Waals surface area contributed by atoms with Crippen molar-refractivity contribution in [3.05, 3.63) is 43.2 Å². The fourth-order valence-electron chi connectivity index (χ4n) is 2.01. The Balaban J connectivity index is 2.20. The Morgan fingerprint density at radius 1 is 1.33 bits per heavy atom. The van der Waals surface area contributed by atoms with E-state index in [2.05, 4.69) is 56.1 Å². The van der Waals surface area contributed by atoms with Gasteiger partial charge in [-0.2, -0.15) is 0 Å². The summed E-state index contributed by atoms with van der Waals surface area (Å²) < 4.78 is 8.49. The van der Waals surface area contributed by atoms with Crippen molar-refractivity contribution < 1.29 is 4.43 Å². The molecule has 0 N–H and O–H groups in total. The largest absolute Gasteiger partial charge is 0.414 e. The number of rotatable bonds is 5. The second-order valence-corrected chi connectivity index (χ2v) is 11.8. The molecule has 4 heteroatoms. The second-order valence-electron chi connectivity index (χ2n) is 7.01. The number of para-hydroxylation sites is 2. The molecule has 1 heterocycles. The van der Waals surface area contributed by atoms with Crippen LogP contribution in [0.15, 0.2) is 43.2 Å². The van der Waals surface area contributed by atoms with Gasteiger partial charge in [-0.1, -0.05) is 39.0 Å². The Kier molecular flexibility index (Phi) is 4.40. The van der Waals surface area contributed by atoms with E-state index in [9.17, 15) is 0 Å². The number of hydrogen-bond donors (Lipinski definition) is 0. The first kappa shape index (κ1) is 16.0. The highest BCUT2D eigenvalue weighted by molar-refractivity contribution is 6.74. The Hall–Kier alpha value is -1.39. The molecule has 1 atom stereocenters. The van der Waals surface area contributed by atoms with Crippen LogP contribution in [0, 0.1) is 0 Å². The van der Waals surface area contributed by atoms with Crippen LogP contribution in [0.25, 0.3) is 11.0 Å². The number of imidazole rings is 1. The molecule has 0 amide bonds. The topological polar surface area (TPSA) is 27.1 Å². The number of fused-ring (bicyclic) bond motifs is 1. The maximum atomic E-state index is 6.34. The van der Waals surface area contributed by atoms with Crippen molar-refractivity contribution in [3.8, 4) is 0 Å². The van der Waals surface area contributed by atoms with E-state index in [1.54, 1.807) is 0 Å². The van der Waals surface area contributed by atoms with Gasteiger partial charge in [-0.3, -0.25) is 0 Å². The minimum atomic E-state index is -1.75. The standard InChI is InChI=1S/C17H26N2OSi/c1-7-14(12-20-21(5,6)17(2,3)4)19-13-18-15-10-8-9-11-16(15)19/h7-11,13-14H,1,12H2,2-6H3. The van der Waals surface area contributed by atoms with Crippen LogP contribution in [0.4, 0.5) is 0 Å². The summed E-state index contributed by atoms with van der Waals surface area (Å²) >= 11 is 0. The van der Waals surface area contributed by atoms with Gasteiger partial charge < -0.3 is 8.99 Å². The summed E-state index contributed by atoms with van der Waals surface area (Å²) in [4.78, 5) is 4.45. The minimum Gasteiger partial charge on any atom is -0.414 e. The fraction of sp³-hybridized carbons (Fsp3) is 0.471. The van der Waals surface area contributed by atoms with Gasteiger partial charge in [0.15, 0.2) is 8.32 Å². The Labute approximate surface area is 128 Å². The third-order valence-corrected chi connectivity index (χ3v) is 9.03. The Morgan fingerprint density at radius 3 is 2.62 bits per heavy atom. The predicted molar refractivity (Wildman–Crippen MR) is 92.1 cm³/mol. The molecule has 0 aliphatic rings. The van der Waals surface area contributed by atoms with E-state index in [0.29, 0.717) is 6.61 Å². The van der Waals surface area contributed by atoms with Gasteiger partial charge in [0.1, 0.15) is 0 Å². The molecule has 0 fully saturated rings. The average molecular weight is 302 g/mol. The molecule has 21 heavy (non-hydrogen) atoms. The van der Waals surface area contributed by atoms with Crippen LogP contribution in [-0.2, 0) is 4.43 Å². The molecule has 2 rings (SSSR count). The average Bonchev–Trinajstić information content (AvgIpc) is 2.82. The lowest BCUT2D eigenvalue weighted by Gasteiger charge is -2.37. The van der Waals surface area contributed by atoms with E-state index in [-0.39, 0.29) is 11.1 Å². The molecule has 0 aliphatic heterocycles. The van der Waals surface area contributed by atoms with E-state index < -0.39 is 8.32 Å². The molecule has 1 unspecified atom stereocenters. The summed E-state index contributed by atoms with van der Waals surface area (Å²) in [5.41, 5.74) is 2.14. The van der Waals surface area contributed by atoms with E-state index in [1.165, 1.54) is 0 Å². The molecule has 0 bridgehead atoms. The first-order valence-electron chi connectivity index (χ1n) is 7.44. The van der Waals surface area contributed by atoms with Crippen LogP contribution in [-0.4, -0.2) is 24.5 Å². The van der Waals surface area contributed by atoms with Crippen molar-refractivity contribution in [1.82, 2.24) is 9.55 Å². The van der Waals surface area contributed by atoms with Crippen molar-refractivity contribution in [3.63, 3.8) is 0 Å². The van der Waals surface area contributed by atoms with E-state index in [1.807, 2.05) is 30.6 Å². The number of aromatic nitrogens is 2. The molecular weight excluding hydrogens is 276 g/mol. The van der Waals surface area contributed by atoms with Gasteiger partial charge in [0, 0.05) is 0 Å². The van der Waals surface area contributed by atoms with Crippen LogP contribution < -0.4 is 0 Å². The van der Waals surface area contributed by atoms with Crippen molar-refractivity contribution >= 4 is 19.4 Å². The zero-order chi connectivity index (χ0) is 15.7. The first-order valence-corrected chi connectivity index (χ1v) is 10.4. The smallest absolute Gasteiger partial charge is 0.192 e. The van der Waals surface area contributed by atoms with Crippen molar-refractivity contribution in [1.29, 1.82) is 0 Å². The molecule has 0 radical (unpaired) electrons. The maximum absolute atomic E-state index is 6.34. The monoisotopic (exact) mass is 302 g/mol. The quantitative estimate of drug-likeness (QED) is 0.587. The highest BCUT2D eigenvalue weighted by atomic mass is 28.4. The zero-order valence-corrected chi connectivity index (χ0v) is 14.8. The molecular formula is C17H26N2OSi. The first-order chi connectivity index (χ1) is 9.76. The van der Waals surface area contributed by atoms with Gasteiger partial charge in [0.05, 0.1) is 30.0 Å². The van der Waals surface area contributed by atoms with Crippen molar-refractivity contribution in [2.75, 3.05) is 6.61 Å². The van der Waals surface area contributed by atoms with Gasteiger partial charge in [0.25, 0.3) is 0 Å². The van der Waals surface area contributed by atoms with Crippen molar-refractivity contribution in [2.24, 2.45) is 0 Å². The molecule has 0 aliphatic carbocycles. The molecule has 0 saturated heterocycles. The van der Waals surface area contributed by atoms with Crippen LogP contribution >= 0.6 is 0 Å². The molecule has 1 aromatic carbocycles.